The summed E-state index contributed by atoms with van der Waals surface area (Å²) in [6.45, 7) is 5.45. The van der Waals surface area contributed by atoms with Crippen molar-refractivity contribution in [1.29, 1.82) is 0 Å². The Kier molecular flexibility index (Phi) is 6.15. The van der Waals surface area contributed by atoms with E-state index in [2.05, 4.69) is 35.1 Å². The van der Waals surface area contributed by atoms with E-state index in [9.17, 15) is 0 Å². The fourth-order valence-electron chi connectivity index (χ4n) is 1.68. The molecule has 0 saturated heterocycles. The van der Waals surface area contributed by atoms with Crippen LogP contribution in [0.1, 0.15) is 12.6 Å². The van der Waals surface area contributed by atoms with Gasteiger partial charge in [0.25, 0.3) is 0 Å². The predicted molar refractivity (Wildman–Crippen MR) is 64.5 cm³/mol. The van der Waals surface area contributed by atoms with Crippen LogP contribution in [-0.2, 0) is 22.6 Å². The second-order valence-corrected chi connectivity index (χ2v) is 3.73. The maximum Gasteiger partial charge on any atom is 0.0928 e. The van der Waals surface area contributed by atoms with Gasteiger partial charge in [0.2, 0.25) is 0 Å². The van der Waals surface area contributed by atoms with Crippen LogP contribution in [0.15, 0.2) is 18.3 Å². The van der Waals surface area contributed by atoms with Gasteiger partial charge in [-0.25, -0.2) is 0 Å². The summed E-state index contributed by atoms with van der Waals surface area (Å²) < 4.78 is 12.6. The largest absolute Gasteiger partial charge is 0.382 e. The number of nitrogens with zero attached hydrogens (tertiary/aromatic N) is 1. The zero-order valence-electron chi connectivity index (χ0n) is 10.4. The van der Waals surface area contributed by atoms with E-state index in [4.69, 9.17) is 9.47 Å². The van der Waals surface area contributed by atoms with Gasteiger partial charge in [-0.15, -0.1) is 0 Å². The third kappa shape index (κ3) is 3.96. The zero-order chi connectivity index (χ0) is 11.8. The van der Waals surface area contributed by atoms with Crippen LogP contribution < -0.4 is 5.32 Å². The first-order valence-electron chi connectivity index (χ1n) is 5.68. The lowest BCUT2D eigenvalue weighted by Crippen LogP contribution is -2.31. The Labute approximate surface area is 97.5 Å². The molecule has 0 aliphatic rings. The van der Waals surface area contributed by atoms with Gasteiger partial charge in [0.1, 0.15) is 0 Å². The minimum atomic E-state index is 0.120. The lowest BCUT2D eigenvalue weighted by atomic mass is 10.3. The van der Waals surface area contributed by atoms with E-state index in [1.165, 1.54) is 5.69 Å². The van der Waals surface area contributed by atoms with Crippen LogP contribution in [0.2, 0.25) is 0 Å². The summed E-state index contributed by atoms with van der Waals surface area (Å²) in [7, 11) is 3.40. The normalized spacial score (nSPS) is 12.9. The molecule has 1 rings (SSSR count). The molecule has 0 saturated carbocycles. The molecule has 4 nitrogen and oxygen atoms in total. The molecule has 0 bridgehead atoms. The molecule has 92 valence electrons. The fourth-order valence-corrected chi connectivity index (χ4v) is 1.68. The summed E-state index contributed by atoms with van der Waals surface area (Å²) in [5.41, 5.74) is 1.30. The van der Waals surface area contributed by atoms with Crippen LogP contribution in [0, 0.1) is 0 Å². The number of hydrogen-bond acceptors (Lipinski definition) is 3. The minimum absolute atomic E-state index is 0.120. The number of aromatic nitrogens is 1. The van der Waals surface area contributed by atoms with E-state index in [-0.39, 0.29) is 6.10 Å². The van der Waals surface area contributed by atoms with E-state index in [0.717, 1.165) is 19.6 Å². The standard InChI is InChI=1S/C12H22N2O2/c1-4-14-7-5-6-11(14)8-13-9-12(16-3)10-15-2/h5-7,12-13H,4,8-10H2,1-3H3. The molecule has 16 heavy (non-hydrogen) atoms. The van der Waals surface area contributed by atoms with Crippen LogP contribution in [0.5, 0.6) is 0 Å². The summed E-state index contributed by atoms with van der Waals surface area (Å²) in [5, 5.41) is 3.37. The molecule has 1 aromatic heterocycles. The van der Waals surface area contributed by atoms with E-state index in [0.29, 0.717) is 6.61 Å². The van der Waals surface area contributed by atoms with E-state index < -0.39 is 0 Å². The second-order valence-electron chi connectivity index (χ2n) is 3.73. The number of aryl methyl sites for hydroxylation is 1. The first kappa shape index (κ1) is 13.2. The van der Waals surface area contributed by atoms with Crippen molar-refractivity contribution >= 4 is 0 Å². The molecular weight excluding hydrogens is 204 g/mol. The Morgan fingerprint density at radius 2 is 2.25 bits per heavy atom. The van der Waals surface area contributed by atoms with Crippen molar-refractivity contribution in [2.24, 2.45) is 0 Å². The predicted octanol–water partition coefficient (Wildman–Crippen LogP) is 1.26. The Morgan fingerprint density at radius 3 is 2.88 bits per heavy atom. The fraction of sp³-hybridized carbons (Fsp3) is 0.667. The number of methoxy groups -OCH3 is 2. The van der Waals surface area contributed by atoms with Crippen molar-refractivity contribution in [2.75, 3.05) is 27.4 Å². The summed E-state index contributed by atoms with van der Waals surface area (Å²) in [6.07, 6.45) is 2.22. The maximum absolute atomic E-state index is 5.27. The Morgan fingerprint density at radius 1 is 1.44 bits per heavy atom. The van der Waals surface area contributed by atoms with Gasteiger partial charge in [0.05, 0.1) is 12.7 Å². The average Bonchev–Trinajstić information content (AvgIpc) is 2.75. The molecule has 0 amide bonds. The first-order valence-corrected chi connectivity index (χ1v) is 5.68. The topological polar surface area (TPSA) is 35.4 Å². The van der Waals surface area contributed by atoms with Crippen molar-refractivity contribution in [1.82, 2.24) is 9.88 Å². The van der Waals surface area contributed by atoms with Crippen molar-refractivity contribution < 1.29 is 9.47 Å². The molecule has 0 aromatic carbocycles. The molecule has 1 heterocycles. The lowest BCUT2D eigenvalue weighted by Gasteiger charge is -2.15. The molecule has 1 unspecified atom stereocenters. The summed E-state index contributed by atoms with van der Waals surface area (Å²) >= 11 is 0. The van der Waals surface area contributed by atoms with Crippen LogP contribution >= 0.6 is 0 Å². The van der Waals surface area contributed by atoms with Crippen molar-refractivity contribution in [3.05, 3.63) is 24.0 Å². The molecule has 1 atom stereocenters. The minimum Gasteiger partial charge on any atom is -0.382 e. The molecule has 1 aromatic rings. The molecule has 4 heteroatoms. The van der Waals surface area contributed by atoms with Gasteiger partial charge in [-0.2, -0.15) is 0 Å². The van der Waals surface area contributed by atoms with Gasteiger partial charge in [0.15, 0.2) is 0 Å². The van der Waals surface area contributed by atoms with Crippen LogP contribution in [-0.4, -0.2) is 38.0 Å². The molecule has 0 fully saturated rings. The lowest BCUT2D eigenvalue weighted by molar-refractivity contribution is 0.0287. The van der Waals surface area contributed by atoms with Gasteiger partial charge in [-0.3, -0.25) is 0 Å². The monoisotopic (exact) mass is 226 g/mol. The number of nitrogens with one attached hydrogen (secondary N) is 1. The summed E-state index contributed by atoms with van der Waals surface area (Å²) in [5.74, 6) is 0. The highest BCUT2D eigenvalue weighted by molar-refractivity contribution is 5.06. The van der Waals surface area contributed by atoms with E-state index >= 15 is 0 Å². The number of hydrogen-bond donors (Lipinski definition) is 1. The molecule has 0 aliphatic heterocycles. The van der Waals surface area contributed by atoms with Gasteiger partial charge in [-0.05, 0) is 19.1 Å². The first-order chi connectivity index (χ1) is 7.81. The third-order valence-corrected chi connectivity index (χ3v) is 2.63. The van der Waals surface area contributed by atoms with Crippen molar-refractivity contribution in [3.63, 3.8) is 0 Å². The van der Waals surface area contributed by atoms with Gasteiger partial charge in [-0.1, -0.05) is 0 Å². The molecule has 1 N–H and O–H groups in total. The SMILES string of the molecule is CCn1cccc1CNCC(COC)OC. The van der Waals surface area contributed by atoms with Crippen molar-refractivity contribution in [2.45, 2.75) is 26.1 Å². The molecule has 0 spiro atoms. The Hall–Kier alpha value is -0.840. The smallest absolute Gasteiger partial charge is 0.0928 e. The maximum atomic E-state index is 5.27. The van der Waals surface area contributed by atoms with Crippen LogP contribution in [0.3, 0.4) is 0 Å². The van der Waals surface area contributed by atoms with Crippen LogP contribution in [0.4, 0.5) is 0 Å². The quantitative estimate of drug-likeness (QED) is 0.725. The average molecular weight is 226 g/mol. The van der Waals surface area contributed by atoms with Gasteiger partial charge < -0.3 is 19.4 Å². The molecule has 0 radical (unpaired) electrons. The highest BCUT2D eigenvalue weighted by atomic mass is 16.5. The van der Waals surface area contributed by atoms with Gasteiger partial charge >= 0.3 is 0 Å². The number of rotatable bonds is 8. The van der Waals surface area contributed by atoms with Crippen LogP contribution in [0.25, 0.3) is 0 Å². The Balaban J connectivity index is 2.29. The Bertz CT molecular complexity index is 286. The van der Waals surface area contributed by atoms with Crippen molar-refractivity contribution in [3.8, 4) is 0 Å². The summed E-state index contributed by atoms with van der Waals surface area (Å²) in [6, 6.07) is 4.21. The summed E-state index contributed by atoms with van der Waals surface area (Å²) in [4.78, 5) is 0. The highest BCUT2D eigenvalue weighted by Crippen LogP contribution is 2.01. The third-order valence-electron chi connectivity index (χ3n) is 2.63. The highest BCUT2D eigenvalue weighted by Gasteiger charge is 2.06. The zero-order valence-corrected chi connectivity index (χ0v) is 10.4. The second kappa shape index (κ2) is 7.44. The molecular formula is C12H22N2O2. The number of ether oxygens (including phenoxy) is 2. The van der Waals surface area contributed by atoms with Gasteiger partial charge in [0, 0.05) is 45.7 Å². The van der Waals surface area contributed by atoms with E-state index in [1.807, 2.05) is 0 Å². The molecule has 0 aliphatic carbocycles. The van der Waals surface area contributed by atoms with E-state index in [1.54, 1.807) is 14.2 Å².